The van der Waals surface area contributed by atoms with Crippen LogP contribution in [0.15, 0.2) is 24.3 Å². The maximum atomic E-state index is 12.0. The second-order valence-electron chi connectivity index (χ2n) is 5.70. The van der Waals surface area contributed by atoms with Gasteiger partial charge in [0.1, 0.15) is 5.75 Å². The Morgan fingerprint density at radius 3 is 2.45 bits per heavy atom. The first-order chi connectivity index (χ1) is 10.7. The molecule has 5 heteroatoms. The second-order valence-corrected chi connectivity index (χ2v) is 5.70. The summed E-state index contributed by atoms with van der Waals surface area (Å²) >= 11 is 0. The summed E-state index contributed by atoms with van der Waals surface area (Å²) < 4.78 is 5.18. The van der Waals surface area contributed by atoms with Crippen molar-refractivity contribution in [1.82, 2.24) is 15.1 Å². The quantitative estimate of drug-likeness (QED) is 0.820. The number of hydrogen-bond donors (Lipinski definition) is 1. The largest absolute Gasteiger partial charge is 0.497 e. The van der Waals surface area contributed by atoms with Crippen LogP contribution in [0.25, 0.3) is 0 Å². The number of rotatable bonds is 6. The zero-order chi connectivity index (χ0) is 15.8. The number of nitrogens with zero attached hydrogens (tertiary/aromatic N) is 2. The molecule has 1 N–H and O–H groups in total. The van der Waals surface area contributed by atoms with Crippen molar-refractivity contribution < 1.29 is 9.53 Å². The fourth-order valence-electron chi connectivity index (χ4n) is 2.58. The van der Waals surface area contributed by atoms with Gasteiger partial charge in [-0.1, -0.05) is 25.5 Å². The summed E-state index contributed by atoms with van der Waals surface area (Å²) in [6.45, 7) is 7.28. The van der Waals surface area contributed by atoms with Gasteiger partial charge in [-0.3, -0.25) is 4.90 Å². The summed E-state index contributed by atoms with van der Waals surface area (Å²) in [4.78, 5) is 16.3. The van der Waals surface area contributed by atoms with Crippen molar-refractivity contribution in [3.8, 4) is 5.75 Å². The first-order valence-electron chi connectivity index (χ1n) is 8.11. The predicted octanol–water partition coefficient (Wildman–Crippen LogP) is 2.32. The maximum absolute atomic E-state index is 12.0. The van der Waals surface area contributed by atoms with Gasteiger partial charge in [-0.15, -0.1) is 0 Å². The van der Waals surface area contributed by atoms with Crippen LogP contribution in [-0.2, 0) is 6.54 Å². The highest BCUT2D eigenvalue weighted by atomic mass is 16.5. The Morgan fingerprint density at radius 1 is 1.18 bits per heavy atom. The lowest BCUT2D eigenvalue weighted by Crippen LogP contribution is -2.51. The van der Waals surface area contributed by atoms with E-state index in [1.165, 1.54) is 5.56 Å². The molecule has 0 bridgehead atoms. The molecule has 0 aliphatic carbocycles. The van der Waals surface area contributed by atoms with Crippen LogP contribution in [0.5, 0.6) is 5.75 Å². The van der Waals surface area contributed by atoms with E-state index in [-0.39, 0.29) is 6.03 Å². The van der Waals surface area contributed by atoms with E-state index in [1.807, 2.05) is 17.0 Å². The van der Waals surface area contributed by atoms with Gasteiger partial charge in [-0.2, -0.15) is 0 Å². The average Bonchev–Trinajstić information content (AvgIpc) is 2.56. The van der Waals surface area contributed by atoms with E-state index in [0.29, 0.717) is 0 Å². The molecule has 22 heavy (non-hydrogen) atoms. The van der Waals surface area contributed by atoms with Crippen LogP contribution in [0.4, 0.5) is 4.79 Å². The van der Waals surface area contributed by atoms with Crippen molar-refractivity contribution in [3.63, 3.8) is 0 Å². The van der Waals surface area contributed by atoms with Crippen molar-refractivity contribution in [2.24, 2.45) is 0 Å². The molecule has 1 heterocycles. The summed E-state index contributed by atoms with van der Waals surface area (Å²) in [7, 11) is 1.68. The molecule has 5 nitrogen and oxygen atoms in total. The Hall–Kier alpha value is -1.75. The SMILES string of the molecule is CCCCNC(=O)N1CCN(Cc2ccc(OC)cc2)CC1. The van der Waals surface area contributed by atoms with Gasteiger partial charge in [-0.05, 0) is 24.1 Å². The first-order valence-corrected chi connectivity index (χ1v) is 8.11. The minimum absolute atomic E-state index is 0.0811. The molecule has 122 valence electrons. The Kier molecular flexibility index (Phi) is 6.52. The zero-order valence-electron chi connectivity index (χ0n) is 13.7. The molecule has 0 aromatic heterocycles. The second kappa shape index (κ2) is 8.63. The topological polar surface area (TPSA) is 44.8 Å². The summed E-state index contributed by atoms with van der Waals surface area (Å²) in [5.41, 5.74) is 1.28. The summed E-state index contributed by atoms with van der Waals surface area (Å²) in [6, 6.07) is 8.27. The molecule has 1 saturated heterocycles. The number of benzene rings is 1. The number of urea groups is 1. The van der Waals surface area contributed by atoms with Crippen LogP contribution in [0, 0.1) is 0 Å². The number of carbonyl (C=O) groups is 1. The molecular weight excluding hydrogens is 278 g/mol. The van der Waals surface area contributed by atoms with Gasteiger partial charge in [0.05, 0.1) is 7.11 Å². The molecule has 2 amide bonds. The van der Waals surface area contributed by atoms with Gasteiger partial charge in [0.15, 0.2) is 0 Å². The molecule has 0 radical (unpaired) electrons. The van der Waals surface area contributed by atoms with Gasteiger partial charge in [-0.25, -0.2) is 4.79 Å². The van der Waals surface area contributed by atoms with E-state index in [0.717, 1.165) is 57.9 Å². The van der Waals surface area contributed by atoms with Crippen LogP contribution in [0.2, 0.25) is 0 Å². The smallest absolute Gasteiger partial charge is 0.317 e. The highest BCUT2D eigenvalue weighted by molar-refractivity contribution is 5.74. The van der Waals surface area contributed by atoms with Crippen molar-refractivity contribution in [1.29, 1.82) is 0 Å². The van der Waals surface area contributed by atoms with Crippen LogP contribution < -0.4 is 10.1 Å². The fourth-order valence-corrected chi connectivity index (χ4v) is 2.58. The van der Waals surface area contributed by atoms with E-state index in [2.05, 4.69) is 29.3 Å². The third kappa shape index (κ3) is 4.91. The standard InChI is InChI=1S/C17H27N3O2/c1-3-4-9-18-17(21)20-12-10-19(11-13-20)14-15-5-7-16(22-2)8-6-15/h5-8H,3-4,9-14H2,1-2H3,(H,18,21). The number of hydrogen-bond acceptors (Lipinski definition) is 3. The van der Waals surface area contributed by atoms with Crippen molar-refractivity contribution in [2.75, 3.05) is 39.8 Å². The number of carbonyl (C=O) groups excluding carboxylic acids is 1. The number of ether oxygens (including phenoxy) is 1. The number of methoxy groups -OCH3 is 1. The average molecular weight is 305 g/mol. The van der Waals surface area contributed by atoms with E-state index in [4.69, 9.17) is 4.74 Å². The maximum Gasteiger partial charge on any atom is 0.317 e. The van der Waals surface area contributed by atoms with E-state index in [9.17, 15) is 4.79 Å². The summed E-state index contributed by atoms with van der Waals surface area (Å²) in [6.07, 6.45) is 2.15. The molecular formula is C17H27N3O2. The summed E-state index contributed by atoms with van der Waals surface area (Å²) in [5.74, 6) is 0.886. The molecule has 2 rings (SSSR count). The van der Waals surface area contributed by atoms with Gasteiger partial charge in [0.2, 0.25) is 0 Å². The third-order valence-corrected chi connectivity index (χ3v) is 4.03. The van der Waals surface area contributed by atoms with Crippen LogP contribution >= 0.6 is 0 Å². The Balaban J connectivity index is 1.73. The van der Waals surface area contributed by atoms with Crippen LogP contribution in [-0.4, -0.2) is 55.7 Å². The highest BCUT2D eigenvalue weighted by Gasteiger charge is 2.20. The monoisotopic (exact) mass is 305 g/mol. The predicted molar refractivity (Wildman–Crippen MR) is 88.2 cm³/mol. The lowest BCUT2D eigenvalue weighted by atomic mass is 10.2. The third-order valence-electron chi connectivity index (χ3n) is 4.03. The Labute approximate surface area is 133 Å². The van der Waals surface area contributed by atoms with Crippen LogP contribution in [0.1, 0.15) is 25.3 Å². The van der Waals surface area contributed by atoms with E-state index < -0.39 is 0 Å². The number of amides is 2. The number of unbranched alkanes of at least 4 members (excludes halogenated alkanes) is 1. The van der Waals surface area contributed by atoms with E-state index >= 15 is 0 Å². The number of piperazine rings is 1. The highest BCUT2D eigenvalue weighted by Crippen LogP contribution is 2.14. The molecule has 1 aliphatic rings. The lowest BCUT2D eigenvalue weighted by molar-refractivity contribution is 0.135. The van der Waals surface area contributed by atoms with Crippen molar-refractivity contribution in [3.05, 3.63) is 29.8 Å². The van der Waals surface area contributed by atoms with Gasteiger partial charge < -0.3 is 15.0 Å². The molecule has 0 saturated carbocycles. The molecule has 0 unspecified atom stereocenters. The fraction of sp³-hybridized carbons (Fsp3) is 0.588. The van der Waals surface area contributed by atoms with Crippen molar-refractivity contribution in [2.45, 2.75) is 26.3 Å². The minimum Gasteiger partial charge on any atom is -0.497 e. The molecule has 0 spiro atoms. The van der Waals surface area contributed by atoms with Crippen LogP contribution in [0.3, 0.4) is 0 Å². The normalized spacial score (nSPS) is 15.6. The minimum atomic E-state index is 0.0811. The first kappa shape index (κ1) is 16.6. The molecule has 1 aromatic carbocycles. The van der Waals surface area contributed by atoms with Gasteiger partial charge in [0, 0.05) is 39.3 Å². The van der Waals surface area contributed by atoms with E-state index in [1.54, 1.807) is 7.11 Å². The number of nitrogens with one attached hydrogen (secondary N) is 1. The molecule has 1 fully saturated rings. The molecule has 0 atom stereocenters. The Bertz CT molecular complexity index is 453. The van der Waals surface area contributed by atoms with Gasteiger partial charge in [0.25, 0.3) is 0 Å². The van der Waals surface area contributed by atoms with Gasteiger partial charge >= 0.3 is 6.03 Å². The molecule has 1 aromatic rings. The van der Waals surface area contributed by atoms with Crippen molar-refractivity contribution >= 4 is 6.03 Å². The Morgan fingerprint density at radius 2 is 1.86 bits per heavy atom. The lowest BCUT2D eigenvalue weighted by Gasteiger charge is -2.34. The zero-order valence-corrected chi connectivity index (χ0v) is 13.7. The summed E-state index contributed by atoms with van der Waals surface area (Å²) in [5, 5.41) is 2.99. The molecule has 1 aliphatic heterocycles.